The number of carboxylic acid groups (broad SMARTS) is 1. The fraction of sp³-hybridized carbons (Fsp3) is 0.364. The average Bonchev–Trinajstić information content (AvgIpc) is 2.67. The van der Waals surface area contributed by atoms with E-state index in [2.05, 4.69) is 46.9 Å². The molecule has 0 aliphatic carbocycles. The van der Waals surface area contributed by atoms with Crippen molar-refractivity contribution in [2.45, 2.75) is 26.8 Å². The third-order valence-corrected chi connectivity index (χ3v) is 5.70. The Morgan fingerprint density at radius 1 is 1.10 bits per heavy atom. The van der Waals surface area contributed by atoms with Crippen molar-refractivity contribution in [1.29, 1.82) is 0 Å². The zero-order chi connectivity index (χ0) is 21.2. The number of halogens is 1. The quantitative estimate of drug-likeness (QED) is 0.683. The van der Waals surface area contributed by atoms with Gasteiger partial charge in [-0.15, -0.1) is 0 Å². The summed E-state index contributed by atoms with van der Waals surface area (Å²) in [4.78, 5) is 27.8. The molecule has 1 atom stereocenters. The van der Waals surface area contributed by atoms with Crippen LogP contribution in [-0.4, -0.2) is 47.7 Å². The Balaban J connectivity index is 1.71. The molecule has 154 valence electrons. The number of nitrogens with zero attached hydrogens (tertiary/aromatic N) is 2. The summed E-state index contributed by atoms with van der Waals surface area (Å²) >= 11 is 3.40. The van der Waals surface area contributed by atoms with E-state index in [1.165, 1.54) is 4.90 Å². The summed E-state index contributed by atoms with van der Waals surface area (Å²) in [5.41, 5.74) is 2.13. The SMILES string of the molecule is CC(C)(C)C1CN(c2ccc(C(=O)Nc3cccc(Br)c3)cc2)CCN1C(=O)O. The number of hydrogen-bond acceptors (Lipinski definition) is 3. The van der Waals surface area contributed by atoms with Crippen LogP contribution in [0.1, 0.15) is 31.1 Å². The molecular weight excluding hydrogens is 434 g/mol. The van der Waals surface area contributed by atoms with Gasteiger partial charge in [0.25, 0.3) is 5.91 Å². The lowest BCUT2D eigenvalue weighted by Gasteiger charge is -2.46. The van der Waals surface area contributed by atoms with E-state index >= 15 is 0 Å². The van der Waals surface area contributed by atoms with Gasteiger partial charge in [-0.05, 0) is 47.9 Å². The van der Waals surface area contributed by atoms with Crippen molar-refractivity contribution in [3.8, 4) is 0 Å². The molecule has 0 saturated carbocycles. The van der Waals surface area contributed by atoms with Crippen molar-refractivity contribution in [2.75, 3.05) is 29.9 Å². The topological polar surface area (TPSA) is 72.9 Å². The maximum Gasteiger partial charge on any atom is 0.407 e. The zero-order valence-electron chi connectivity index (χ0n) is 16.9. The van der Waals surface area contributed by atoms with Gasteiger partial charge in [-0.1, -0.05) is 42.8 Å². The van der Waals surface area contributed by atoms with Crippen LogP contribution in [0.4, 0.5) is 16.2 Å². The van der Waals surface area contributed by atoms with E-state index in [1.54, 1.807) is 12.1 Å². The lowest BCUT2D eigenvalue weighted by molar-refractivity contribution is 0.0748. The van der Waals surface area contributed by atoms with Crippen molar-refractivity contribution in [1.82, 2.24) is 4.90 Å². The molecule has 2 N–H and O–H groups in total. The van der Waals surface area contributed by atoms with Crippen LogP contribution in [0.3, 0.4) is 0 Å². The van der Waals surface area contributed by atoms with Gasteiger partial charge < -0.3 is 20.2 Å². The van der Waals surface area contributed by atoms with E-state index < -0.39 is 6.09 Å². The third kappa shape index (κ3) is 5.09. The van der Waals surface area contributed by atoms with Crippen LogP contribution in [0.25, 0.3) is 0 Å². The normalized spacial score (nSPS) is 17.2. The largest absolute Gasteiger partial charge is 0.465 e. The molecule has 1 aliphatic heterocycles. The number of hydrogen-bond donors (Lipinski definition) is 2. The van der Waals surface area contributed by atoms with Crippen molar-refractivity contribution >= 4 is 39.3 Å². The number of amides is 2. The molecule has 7 heteroatoms. The fourth-order valence-corrected chi connectivity index (χ4v) is 3.98. The van der Waals surface area contributed by atoms with E-state index in [0.29, 0.717) is 25.2 Å². The molecule has 0 aromatic heterocycles. The number of rotatable bonds is 3. The molecule has 1 saturated heterocycles. The van der Waals surface area contributed by atoms with Crippen LogP contribution in [0.2, 0.25) is 0 Å². The number of carbonyl (C=O) groups excluding carboxylic acids is 1. The lowest BCUT2D eigenvalue weighted by Crippen LogP contribution is -2.59. The number of anilines is 2. The smallest absolute Gasteiger partial charge is 0.407 e. The minimum atomic E-state index is -0.871. The second kappa shape index (κ2) is 8.45. The minimum Gasteiger partial charge on any atom is -0.465 e. The molecule has 1 fully saturated rings. The van der Waals surface area contributed by atoms with Crippen LogP contribution in [0.15, 0.2) is 53.0 Å². The zero-order valence-corrected chi connectivity index (χ0v) is 18.4. The molecule has 2 aromatic carbocycles. The Kier molecular flexibility index (Phi) is 6.17. The van der Waals surface area contributed by atoms with Crippen LogP contribution in [0.5, 0.6) is 0 Å². The minimum absolute atomic E-state index is 0.103. The van der Waals surface area contributed by atoms with Gasteiger partial charge in [-0.25, -0.2) is 4.79 Å². The van der Waals surface area contributed by atoms with Crippen molar-refractivity contribution < 1.29 is 14.7 Å². The molecule has 1 heterocycles. The molecule has 0 bridgehead atoms. The third-order valence-electron chi connectivity index (χ3n) is 5.20. The number of benzene rings is 2. The molecule has 1 aliphatic rings. The first-order valence-corrected chi connectivity index (χ1v) is 10.4. The molecule has 6 nitrogen and oxygen atoms in total. The monoisotopic (exact) mass is 459 g/mol. The van der Waals surface area contributed by atoms with Crippen LogP contribution in [-0.2, 0) is 0 Å². The van der Waals surface area contributed by atoms with E-state index in [0.717, 1.165) is 15.8 Å². The molecule has 0 spiro atoms. The molecule has 3 rings (SSSR count). The lowest BCUT2D eigenvalue weighted by atomic mass is 9.84. The Morgan fingerprint density at radius 2 is 1.79 bits per heavy atom. The van der Waals surface area contributed by atoms with Crippen LogP contribution < -0.4 is 10.2 Å². The molecular formula is C22H26BrN3O3. The van der Waals surface area contributed by atoms with Crippen LogP contribution >= 0.6 is 15.9 Å². The highest BCUT2D eigenvalue weighted by Crippen LogP contribution is 2.30. The summed E-state index contributed by atoms with van der Waals surface area (Å²) in [5.74, 6) is -0.169. The van der Waals surface area contributed by atoms with E-state index in [-0.39, 0.29) is 17.4 Å². The van der Waals surface area contributed by atoms with Gasteiger partial charge in [-0.2, -0.15) is 0 Å². The summed E-state index contributed by atoms with van der Waals surface area (Å²) in [6.45, 7) is 7.90. The Labute approximate surface area is 179 Å². The first-order chi connectivity index (χ1) is 13.6. The van der Waals surface area contributed by atoms with Gasteiger partial charge in [0.1, 0.15) is 0 Å². The standard InChI is InChI=1S/C22H26BrN3O3/c1-22(2,3)19-14-25(11-12-26(19)21(28)29)18-9-7-15(8-10-18)20(27)24-17-6-4-5-16(23)13-17/h4-10,13,19H,11-12,14H2,1-3H3,(H,24,27)(H,28,29). The van der Waals surface area contributed by atoms with Gasteiger partial charge >= 0.3 is 6.09 Å². The van der Waals surface area contributed by atoms with Gasteiger partial charge in [0.15, 0.2) is 0 Å². The van der Waals surface area contributed by atoms with Gasteiger partial charge in [0, 0.05) is 41.0 Å². The Morgan fingerprint density at radius 3 is 2.38 bits per heavy atom. The highest BCUT2D eigenvalue weighted by atomic mass is 79.9. The molecule has 1 unspecified atom stereocenters. The van der Waals surface area contributed by atoms with Crippen LogP contribution in [0, 0.1) is 5.41 Å². The van der Waals surface area contributed by atoms with Crippen molar-refractivity contribution in [3.63, 3.8) is 0 Å². The van der Waals surface area contributed by atoms with E-state index in [9.17, 15) is 14.7 Å². The Bertz CT molecular complexity index is 893. The second-order valence-electron chi connectivity index (χ2n) is 8.32. The molecule has 29 heavy (non-hydrogen) atoms. The highest BCUT2D eigenvalue weighted by molar-refractivity contribution is 9.10. The predicted molar refractivity (Wildman–Crippen MR) is 119 cm³/mol. The fourth-order valence-electron chi connectivity index (χ4n) is 3.58. The highest BCUT2D eigenvalue weighted by Gasteiger charge is 2.38. The summed E-state index contributed by atoms with van der Waals surface area (Å²) < 4.78 is 0.902. The summed E-state index contributed by atoms with van der Waals surface area (Å²) in [6, 6.07) is 14.8. The first-order valence-electron chi connectivity index (χ1n) is 9.56. The molecule has 0 radical (unpaired) electrons. The number of carbonyl (C=O) groups is 2. The van der Waals surface area contributed by atoms with Crippen molar-refractivity contribution in [3.05, 3.63) is 58.6 Å². The van der Waals surface area contributed by atoms with E-state index in [4.69, 9.17) is 0 Å². The number of piperazine rings is 1. The van der Waals surface area contributed by atoms with E-state index in [1.807, 2.05) is 36.4 Å². The van der Waals surface area contributed by atoms with Gasteiger partial charge in [0.2, 0.25) is 0 Å². The average molecular weight is 460 g/mol. The van der Waals surface area contributed by atoms with Gasteiger partial charge in [-0.3, -0.25) is 4.79 Å². The molecule has 2 aromatic rings. The van der Waals surface area contributed by atoms with Gasteiger partial charge in [0.05, 0.1) is 6.04 Å². The Hall–Kier alpha value is -2.54. The predicted octanol–water partition coefficient (Wildman–Crippen LogP) is 4.92. The summed E-state index contributed by atoms with van der Waals surface area (Å²) in [7, 11) is 0. The summed E-state index contributed by atoms with van der Waals surface area (Å²) in [5, 5.41) is 12.4. The summed E-state index contributed by atoms with van der Waals surface area (Å²) in [6.07, 6.45) is -0.871. The molecule has 2 amide bonds. The first kappa shape index (κ1) is 21.2. The second-order valence-corrected chi connectivity index (χ2v) is 9.23. The maximum atomic E-state index is 12.5. The van der Waals surface area contributed by atoms with Crippen molar-refractivity contribution in [2.24, 2.45) is 5.41 Å². The maximum absolute atomic E-state index is 12.5. The number of nitrogens with one attached hydrogen (secondary N) is 1.